The maximum Gasteiger partial charge on any atom is 0.338 e. The van der Waals surface area contributed by atoms with Gasteiger partial charge in [-0.1, -0.05) is 17.7 Å². The van der Waals surface area contributed by atoms with Crippen molar-refractivity contribution in [3.63, 3.8) is 0 Å². The van der Waals surface area contributed by atoms with Crippen molar-refractivity contribution in [1.29, 1.82) is 0 Å². The van der Waals surface area contributed by atoms with E-state index in [-0.39, 0.29) is 16.2 Å². The van der Waals surface area contributed by atoms with Crippen molar-refractivity contribution < 1.29 is 22.7 Å². The number of rotatable bonds is 6. The van der Waals surface area contributed by atoms with Crippen molar-refractivity contribution in [1.82, 2.24) is 4.31 Å². The summed E-state index contributed by atoms with van der Waals surface area (Å²) in [5.41, 5.74) is 0.0854. The molecule has 1 aromatic heterocycles. The number of nitrogens with zero attached hydrogens (tertiary/aromatic N) is 1. The Labute approximate surface area is 160 Å². The summed E-state index contributed by atoms with van der Waals surface area (Å²) >= 11 is 6.88. The van der Waals surface area contributed by atoms with Gasteiger partial charge in [0.1, 0.15) is 0 Å². The first-order valence-corrected chi connectivity index (χ1v) is 10.6. The first-order chi connectivity index (χ1) is 12.4. The number of hydrogen-bond acceptors (Lipinski definition) is 6. The normalized spacial score (nSPS) is 15.1. The van der Waals surface area contributed by atoms with E-state index in [1.54, 1.807) is 12.1 Å². The van der Waals surface area contributed by atoms with Crippen molar-refractivity contribution in [2.24, 2.45) is 0 Å². The molecule has 0 atom stereocenters. The predicted octanol–water partition coefficient (Wildman–Crippen LogP) is 3.23. The topological polar surface area (TPSA) is 80.8 Å². The minimum atomic E-state index is -3.62. The average Bonchev–Trinajstić information content (AvgIpc) is 3.31. The van der Waals surface area contributed by atoms with E-state index in [1.807, 2.05) is 0 Å². The Morgan fingerprint density at radius 3 is 2.54 bits per heavy atom. The van der Waals surface area contributed by atoms with E-state index in [4.69, 9.17) is 16.3 Å². The summed E-state index contributed by atoms with van der Waals surface area (Å²) in [4.78, 5) is 24.6. The molecule has 2 heterocycles. The molecule has 2 aromatic rings. The lowest BCUT2D eigenvalue weighted by atomic mass is 10.2. The lowest BCUT2D eigenvalue weighted by Gasteiger charge is -2.15. The van der Waals surface area contributed by atoms with E-state index in [9.17, 15) is 18.0 Å². The Balaban J connectivity index is 1.69. The number of benzene rings is 1. The zero-order chi connectivity index (χ0) is 18.7. The van der Waals surface area contributed by atoms with Gasteiger partial charge in [-0.25, -0.2) is 13.2 Å². The van der Waals surface area contributed by atoms with Gasteiger partial charge in [0, 0.05) is 13.1 Å². The molecule has 0 N–H and O–H groups in total. The molecule has 0 saturated carbocycles. The number of carbonyl (C=O) groups is 2. The van der Waals surface area contributed by atoms with E-state index in [0.717, 1.165) is 24.2 Å². The molecular formula is C17H16ClNO5S2. The number of ether oxygens (including phenoxy) is 1. The third-order valence-corrected chi connectivity index (χ3v) is 7.12. The van der Waals surface area contributed by atoms with Crippen molar-refractivity contribution in [2.75, 3.05) is 19.7 Å². The van der Waals surface area contributed by atoms with Gasteiger partial charge in [0.05, 0.1) is 19.7 Å². The standard InChI is InChI=1S/C17H16ClNO5S2/c18-16-7-6-15(25-16)14(20)11-24-17(21)12-4-3-5-13(10-12)26(22,23)19-8-1-2-9-19/h3-7,10H,1-2,8-9,11H2. The molecule has 26 heavy (non-hydrogen) atoms. The average molecular weight is 414 g/mol. The highest BCUT2D eigenvalue weighted by Crippen LogP contribution is 2.23. The maximum absolute atomic E-state index is 12.6. The number of esters is 1. The van der Waals surface area contributed by atoms with Crippen LogP contribution < -0.4 is 0 Å². The molecule has 1 fully saturated rings. The minimum Gasteiger partial charge on any atom is -0.454 e. The van der Waals surface area contributed by atoms with Crippen LogP contribution in [-0.2, 0) is 14.8 Å². The highest BCUT2D eigenvalue weighted by Gasteiger charge is 2.27. The van der Waals surface area contributed by atoms with Crippen molar-refractivity contribution in [2.45, 2.75) is 17.7 Å². The van der Waals surface area contributed by atoms with Crippen LogP contribution in [-0.4, -0.2) is 44.2 Å². The van der Waals surface area contributed by atoms with Gasteiger partial charge in [-0.2, -0.15) is 4.31 Å². The Morgan fingerprint density at radius 1 is 1.15 bits per heavy atom. The molecular weight excluding hydrogens is 398 g/mol. The van der Waals surface area contributed by atoms with Gasteiger partial charge in [-0.3, -0.25) is 4.79 Å². The molecule has 1 aliphatic heterocycles. The van der Waals surface area contributed by atoms with Gasteiger partial charge in [0.2, 0.25) is 15.8 Å². The summed E-state index contributed by atoms with van der Waals surface area (Å²) in [5.74, 6) is -1.12. The number of carbonyl (C=O) groups excluding carboxylic acids is 2. The van der Waals surface area contributed by atoms with E-state index in [0.29, 0.717) is 22.3 Å². The van der Waals surface area contributed by atoms with Crippen molar-refractivity contribution in [3.8, 4) is 0 Å². The van der Waals surface area contributed by atoms with Crippen LogP contribution >= 0.6 is 22.9 Å². The molecule has 0 unspecified atom stereocenters. The van der Waals surface area contributed by atoms with Crippen LogP contribution in [0.1, 0.15) is 32.9 Å². The summed E-state index contributed by atoms with van der Waals surface area (Å²) in [6.45, 7) is 0.530. The first kappa shape index (κ1) is 19.0. The molecule has 6 nitrogen and oxygen atoms in total. The van der Waals surface area contributed by atoms with E-state index < -0.39 is 22.6 Å². The molecule has 0 amide bonds. The van der Waals surface area contributed by atoms with Crippen LogP contribution in [0, 0.1) is 0 Å². The van der Waals surface area contributed by atoms with Gasteiger partial charge < -0.3 is 4.74 Å². The van der Waals surface area contributed by atoms with Crippen LogP contribution in [0.2, 0.25) is 4.34 Å². The third-order valence-electron chi connectivity index (χ3n) is 3.95. The Kier molecular flexibility index (Phi) is 5.76. The highest BCUT2D eigenvalue weighted by atomic mass is 35.5. The van der Waals surface area contributed by atoms with E-state index in [1.165, 1.54) is 28.6 Å². The molecule has 0 bridgehead atoms. The lowest BCUT2D eigenvalue weighted by Crippen LogP contribution is -2.28. The number of hydrogen-bond donors (Lipinski definition) is 0. The molecule has 1 aliphatic rings. The highest BCUT2D eigenvalue weighted by molar-refractivity contribution is 7.89. The number of thiophene rings is 1. The Morgan fingerprint density at radius 2 is 1.88 bits per heavy atom. The molecule has 1 saturated heterocycles. The number of sulfonamides is 1. The Hall–Kier alpha value is -1.74. The van der Waals surface area contributed by atoms with Gasteiger partial charge in [-0.15, -0.1) is 11.3 Å². The largest absolute Gasteiger partial charge is 0.454 e. The van der Waals surface area contributed by atoms with Crippen LogP contribution in [0.15, 0.2) is 41.3 Å². The smallest absolute Gasteiger partial charge is 0.338 e. The fraction of sp³-hybridized carbons (Fsp3) is 0.294. The minimum absolute atomic E-state index is 0.0465. The van der Waals surface area contributed by atoms with Gasteiger partial charge in [0.15, 0.2) is 6.61 Å². The maximum atomic E-state index is 12.6. The fourth-order valence-electron chi connectivity index (χ4n) is 2.61. The summed E-state index contributed by atoms with van der Waals surface area (Å²) in [5, 5.41) is 0. The third kappa shape index (κ3) is 4.15. The number of Topliss-reactive ketones (excluding diaryl/α,β-unsaturated/α-hetero) is 1. The second-order valence-corrected chi connectivity index (χ2v) is 9.40. The Bertz CT molecular complexity index is 932. The quantitative estimate of drug-likeness (QED) is 0.536. The summed E-state index contributed by atoms with van der Waals surface area (Å²) in [6, 6.07) is 8.82. The molecule has 0 spiro atoms. The monoisotopic (exact) mass is 413 g/mol. The summed E-state index contributed by atoms with van der Waals surface area (Å²) in [6.07, 6.45) is 1.66. The van der Waals surface area contributed by atoms with Gasteiger partial charge in [-0.05, 0) is 43.2 Å². The molecule has 0 radical (unpaired) electrons. The van der Waals surface area contributed by atoms with Gasteiger partial charge >= 0.3 is 5.97 Å². The molecule has 138 valence electrons. The molecule has 9 heteroatoms. The first-order valence-electron chi connectivity index (χ1n) is 7.94. The van der Waals surface area contributed by atoms with E-state index in [2.05, 4.69) is 0 Å². The van der Waals surface area contributed by atoms with Crippen molar-refractivity contribution >= 4 is 44.7 Å². The van der Waals surface area contributed by atoms with Crippen LogP contribution in [0.4, 0.5) is 0 Å². The van der Waals surface area contributed by atoms with Crippen LogP contribution in [0.5, 0.6) is 0 Å². The summed E-state index contributed by atoms with van der Waals surface area (Å²) < 4.78 is 32.0. The molecule has 3 rings (SSSR count). The lowest BCUT2D eigenvalue weighted by molar-refractivity contribution is 0.0475. The second kappa shape index (κ2) is 7.87. The zero-order valence-electron chi connectivity index (χ0n) is 13.7. The number of halogens is 1. The van der Waals surface area contributed by atoms with Gasteiger partial charge in [0.25, 0.3) is 0 Å². The van der Waals surface area contributed by atoms with Crippen LogP contribution in [0.3, 0.4) is 0 Å². The zero-order valence-corrected chi connectivity index (χ0v) is 16.1. The van der Waals surface area contributed by atoms with Crippen LogP contribution in [0.25, 0.3) is 0 Å². The molecule has 1 aromatic carbocycles. The predicted molar refractivity (Wildman–Crippen MR) is 98.4 cm³/mol. The number of ketones is 1. The second-order valence-electron chi connectivity index (χ2n) is 5.74. The molecule has 0 aliphatic carbocycles. The SMILES string of the molecule is O=C(OCC(=O)c1ccc(Cl)s1)c1cccc(S(=O)(=O)N2CCCC2)c1. The summed E-state index contributed by atoms with van der Waals surface area (Å²) in [7, 11) is -3.62. The fourth-order valence-corrected chi connectivity index (χ4v) is 5.14. The van der Waals surface area contributed by atoms with Crippen molar-refractivity contribution in [3.05, 3.63) is 51.2 Å². The van der Waals surface area contributed by atoms with E-state index >= 15 is 0 Å².